The quantitative estimate of drug-likeness (QED) is 0.625. The van der Waals surface area contributed by atoms with E-state index in [1.54, 1.807) is 11.3 Å². The van der Waals surface area contributed by atoms with E-state index in [2.05, 4.69) is 43.6 Å². The van der Waals surface area contributed by atoms with Crippen LogP contribution in [-0.2, 0) is 29.0 Å². The molecule has 0 spiro atoms. The Morgan fingerprint density at radius 2 is 2.12 bits per heavy atom. The molecule has 180 valence electrons. The average Bonchev–Trinajstić information content (AvgIpc) is 3.53. The Bertz CT molecular complexity index is 1110. The number of ether oxygens (including phenoxy) is 1. The van der Waals surface area contributed by atoms with Gasteiger partial charge in [-0.05, 0) is 49.6 Å². The van der Waals surface area contributed by atoms with Crippen LogP contribution in [0, 0.1) is 17.2 Å². The molecule has 1 amide bonds. The summed E-state index contributed by atoms with van der Waals surface area (Å²) in [5, 5.41) is 12.3. The largest absolute Gasteiger partial charge is 0.370 e. The number of amides is 1. The van der Waals surface area contributed by atoms with E-state index < -0.39 is 0 Å². The van der Waals surface area contributed by atoms with Gasteiger partial charge in [-0.2, -0.15) is 5.26 Å². The van der Waals surface area contributed by atoms with Crippen molar-refractivity contribution < 1.29 is 9.53 Å². The predicted molar refractivity (Wildman–Crippen MR) is 134 cm³/mol. The number of carbonyl (C=O) groups excluding carboxylic acids is 1. The van der Waals surface area contributed by atoms with Crippen LogP contribution in [0.25, 0.3) is 0 Å². The molecule has 1 atom stereocenters. The van der Waals surface area contributed by atoms with Crippen LogP contribution in [0.15, 0.2) is 17.5 Å². The zero-order valence-corrected chi connectivity index (χ0v) is 21.5. The van der Waals surface area contributed by atoms with Crippen molar-refractivity contribution in [3.05, 3.63) is 44.8 Å². The highest BCUT2D eigenvalue weighted by Gasteiger charge is 2.39. The SMILES string of the molecule is CC(C)C1CN(c2nc(C3CC3)c3c(c2C#N)CC(C)(C)OC3)CCN1C(=O)Cc1cccs1. The van der Waals surface area contributed by atoms with Crippen LogP contribution >= 0.6 is 11.3 Å². The molecular formula is C27H34N4O2S. The highest BCUT2D eigenvalue weighted by atomic mass is 32.1. The second-order valence-corrected chi connectivity index (χ2v) is 11.9. The Morgan fingerprint density at radius 1 is 1.32 bits per heavy atom. The smallest absolute Gasteiger partial charge is 0.228 e. The highest BCUT2D eigenvalue weighted by Crippen LogP contribution is 2.46. The fraction of sp³-hybridized carbons (Fsp3) is 0.593. The zero-order valence-electron chi connectivity index (χ0n) is 20.6. The molecule has 0 aromatic carbocycles. The maximum Gasteiger partial charge on any atom is 0.228 e. The van der Waals surface area contributed by atoms with Crippen LogP contribution < -0.4 is 4.90 Å². The Hall–Kier alpha value is -2.43. The van der Waals surface area contributed by atoms with E-state index in [-0.39, 0.29) is 17.6 Å². The first-order chi connectivity index (χ1) is 16.3. The first kappa shape index (κ1) is 23.3. The summed E-state index contributed by atoms with van der Waals surface area (Å²) in [5.41, 5.74) is 3.83. The van der Waals surface area contributed by atoms with Gasteiger partial charge in [-0.15, -0.1) is 11.3 Å². The Morgan fingerprint density at radius 3 is 2.76 bits per heavy atom. The molecule has 3 aliphatic rings. The molecule has 0 N–H and O–H groups in total. The van der Waals surface area contributed by atoms with Crippen molar-refractivity contribution in [2.75, 3.05) is 24.5 Å². The summed E-state index contributed by atoms with van der Waals surface area (Å²) in [7, 11) is 0. The normalized spacial score (nSPS) is 21.9. The van der Waals surface area contributed by atoms with Gasteiger partial charge >= 0.3 is 0 Å². The van der Waals surface area contributed by atoms with Gasteiger partial charge in [0.1, 0.15) is 11.9 Å². The lowest BCUT2D eigenvalue weighted by Crippen LogP contribution is -2.58. The Kier molecular flexibility index (Phi) is 6.16. The van der Waals surface area contributed by atoms with E-state index in [9.17, 15) is 10.1 Å². The number of nitrogens with zero attached hydrogens (tertiary/aromatic N) is 4. The minimum atomic E-state index is -0.286. The fourth-order valence-electron chi connectivity index (χ4n) is 5.37. The third kappa shape index (κ3) is 4.46. The van der Waals surface area contributed by atoms with E-state index in [4.69, 9.17) is 9.72 Å². The third-order valence-corrected chi connectivity index (χ3v) is 8.30. The number of pyridine rings is 1. The summed E-state index contributed by atoms with van der Waals surface area (Å²) in [5.74, 6) is 1.81. The number of nitriles is 1. The zero-order chi connectivity index (χ0) is 24.0. The van der Waals surface area contributed by atoms with Gasteiger partial charge in [-0.3, -0.25) is 4.79 Å². The molecule has 0 bridgehead atoms. The molecule has 4 heterocycles. The van der Waals surface area contributed by atoms with Crippen LogP contribution in [-0.4, -0.2) is 47.1 Å². The number of piperazine rings is 1. The van der Waals surface area contributed by atoms with Crippen molar-refractivity contribution in [2.45, 2.75) is 77.5 Å². The van der Waals surface area contributed by atoms with Crippen LogP contribution in [0.2, 0.25) is 0 Å². The number of anilines is 1. The van der Waals surface area contributed by atoms with Crippen molar-refractivity contribution in [3.63, 3.8) is 0 Å². The van der Waals surface area contributed by atoms with Crippen LogP contribution in [0.5, 0.6) is 0 Å². The molecule has 34 heavy (non-hydrogen) atoms. The maximum absolute atomic E-state index is 13.2. The minimum Gasteiger partial charge on any atom is -0.370 e. The number of hydrogen-bond donors (Lipinski definition) is 0. The molecule has 1 aliphatic carbocycles. The van der Waals surface area contributed by atoms with Crippen molar-refractivity contribution >= 4 is 23.1 Å². The first-order valence-electron chi connectivity index (χ1n) is 12.4. The molecule has 1 saturated heterocycles. The Labute approximate surface area is 206 Å². The molecule has 2 aliphatic heterocycles. The molecule has 2 aromatic heterocycles. The molecule has 5 rings (SSSR count). The summed E-state index contributed by atoms with van der Waals surface area (Å²) in [4.78, 5) is 23.8. The summed E-state index contributed by atoms with van der Waals surface area (Å²) in [6.07, 6.45) is 3.51. The van der Waals surface area contributed by atoms with Gasteiger partial charge in [0.05, 0.1) is 35.9 Å². The third-order valence-electron chi connectivity index (χ3n) is 7.42. The summed E-state index contributed by atoms with van der Waals surface area (Å²) < 4.78 is 6.12. The lowest BCUT2D eigenvalue weighted by Gasteiger charge is -2.44. The van der Waals surface area contributed by atoms with E-state index in [0.717, 1.165) is 46.8 Å². The standard InChI is InChI=1S/C27H34N4O2S/c1-17(2)23-15-30(9-10-31(23)24(32)12-19-6-5-11-34-19)26-21(14-28)20-13-27(3,4)33-16-22(20)25(29-26)18-7-8-18/h5-6,11,17-18,23H,7-10,12-13,15-16H2,1-4H3. The number of hydrogen-bond acceptors (Lipinski definition) is 6. The maximum atomic E-state index is 13.2. The van der Waals surface area contributed by atoms with Crippen molar-refractivity contribution in [2.24, 2.45) is 5.92 Å². The van der Waals surface area contributed by atoms with Gasteiger partial charge in [0.15, 0.2) is 0 Å². The van der Waals surface area contributed by atoms with Crippen LogP contribution in [0.3, 0.4) is 0 Å². The molecule has 1 saturated carbocycles. The van der Waals surface area contributed by atoms with Gasteiger partial charge in [0, 0.05) is 42.4 Å². The fourth-order valence-corrected chi connectivity index (χ4v) is 6.06. The van der Waals surface area contributed by atoms with Crippen LogP contribution in [0.1, 0.15) is 73.7 Å². The van der Waals surface area contributed by atoms with Crippen molar-refractivity contribution in [1.82, 2.24) is 9.88 Å². The van der Waals surface area contributed by atoms with Gasteiger partial charge < -0.3 is 14.5 Å². The molecule has 7 heteroatoms. The monoisotopic (exact) mass is 478 g/mol. The van der Waals surface area contributed by atoms with E-state index in [1.165, 1.54) is 0 Å². The summed E-state index contributed by atoms with van der Waals surface area (Å²) in [6.45, 7) is 11.2. The minimum absolute atomic E-state index is 0.0923. The topological polar surface area (TPSA) is 69.5 Å². The highest BCUT2D eigenvalue weighted by molar-refractivity contribution is 7.10. The molecule has 0 radical (unpaired) electrons. The number of fused-ring (bicyclic) bond motifs is 1. The van der Waals surface area contributed by atoms with E-state index in [0.29, 0.717) is 50.1 Å². The molecule has 2 aromatic rings. The summed E-state index contributed by atoms with van der Waals surface area (Å²) >= 11 is 1.64. The predicted octanol–water partition coefficient (Wildman–Crippen LogP) is 4.66. The molecule has 1 unspecified atom stereocenters. The van der Waals surface area contributed by atoms with E-state index >= 15 is 0 Å². The molecule has 6 nitrogen and oxygen atoms in total. The molecule has 2 fully saturated rings. The van der Waals surface area contributed by atoms with Crippen molar-refractivity contribution in [3.8, 4) is 6.07 Å². The van der Waals surface area contributed by atoms with Crippen LogP contribution in [0.4, 0.5) is 5.82 Å². The van der Waals surface area contributed by atoms with Gasteiger partial charge in [-0.1, -0.05) is 19.9 Å². The summed E-state index contributed by atoms with van der Waals surface area (Å²) in [6, 6.07) is 6.64. The van der Waals surface area contributed by atoms with Gasteiger partial charge in [-0.25, -0.2) is 4.98 Å². The van der Waals surface area contributed by atoms with E-state index in [1.807, 2.05) is 17.5 Å². The first-order valence-corrected chi connectivity index (χ1v) is 13.3. The second kappa shape index (κ2) is 8.98. The number of aromatic nitrogens is 1. The average molecular weight is 479 g/mol. The Balaban J connectivity index is 1.46. The number of carbonyl (C=O) groups is 1. The lowest BCUT2D eigenvalue weighted by molar-refractivity contribution is -0.134. The van der Waals surface area contributed by atoms with Gasteiger partial charge in [0.2, 0.25) is 5.91 Å². The number of rotatable bonds is 5. The second-order valence-electron chi connectivity index (χ2n) is 10.9. The van der Waals surface area contributed by atoms with Crippen molar-refractivity contribution in [1.29, 1.82) is 5.26 Å². The molecular weight excluding hydrogens is 444 g/mol. The number of thiophene rings is 1. The van der Waals surface area contributed by atoms with Gasteiger partial charge in [0.25, 0.3) is 0 Å². The lowest BCUT2D eigenvalue weighted by atomic mass is 9.87.